The van der Waals surface area contributed by atoms with Crippen LogP contribution in [-0.4, -0.2) is 44.5 Å². The summed E-state index contributed by atoms with van der Waals surface area (Å²) in [6.07, 6.45) is 9.85. The van der Waals surface area contributed by atoms with E-state index >= 15 is 0 Å². The molecule has 122 valence electrons. The van der Waals surface area contributed by atoms with Crippen LogP contribution < -0.4 is 5.32 Å². The third-order valence-electron chi connectivity index (χ3n) is 4.88. The summed E-state index contributed by atoms with van der Waals surface area (Å²) >= 11 is 0. The molecular weight excluding hydrogens is 288 g/mol. The van der Waals surface area contributed by atoms with Crippen molar-refractivity contribution in [1.82, 2.24) is 9.62 Å². The van der Waals surface area contributed by atoms with Gasteiger partial charge in [-0.15, -0.1) is 0 Å². The van der Waals surface area contributed by atoms with E-state index < -0.39 is 10.0 Å². The van der Waals surface area contributed by atoms with Gasteiger partial charge in [0.05, 0.1) is 6.26 Å². The molecule has 1 saturated carbocycles. The van der Waals surface area contributed by atoms with E-state index in [0.717, 1.165) is 25.2 Å². The Kier molecular flexibility index (Phi) is 6.05. The van der Waals surface area contributed by atoms with Gasteiger partial charge < -0.3 is 5.32 Å². The molecule has 1 N–H and O–H groups in total. The largest absolute Gasteiger partial charge is 0.356 e. The lowest BCUT2D eigenvalue weighted by molar-refractivity contribution is -0.121. The Morgan fingerprint density at radius 3 is 2.29 bits per heavy atom. The molecule has 0 bridgehead atoms. The Bertz CT molecular complexity index is 436. The van der Waals surface area contributed by atoms with Gasteiger partial charge in [0.2, 0.25) is 15.9 Å². The molecule has 0 aromatic rings. The van der Waals surface area contributed by atoms with Gasteiger partial charge >= 0.3 is 0 Å². The van der Waals surface area contributed by atoms with Crippen LogP contribution in [0.4, 0.5) is 0 Å². The van der Waals surface area contributed by atoms with Crippen LogP contribution in [-0.2, 0) is 14.8 Å². The standard InChI is InChI=1S/C15H28N2O3S/c1-21(19,20)17-10-8-14(9-11-17)12-16-15(18)7-6-13-4-2-3-5-13/h13-14H,2-12H2,1H3,(H,16,18). The van der Waals surface area contributed by atoms with Crippen molar-refractivity contribution in [3.05, 3.63) is 0 Å². The average Bonchev–Trinajstić information content (AvgIpc) is 2.95. The topological polar surface area (TPSA) is 66.5 Å². The first kappa shape index (κ1) is 16.7. The first-order valence-corrected chi connectivity index (χ1v) is 10.0. The number of nitrogens with one attached hydrogen (secondary N) is 1. The summed E-state index contributed by atoms with van der Waals surface area (Å²) in [5.74, 6) is 1.33. The minimum atomic E-state index is -3.05. The molecule has 0 unspecified atom stereocenters. The highest BCUT2D eigenvalue weighted by atomic mass is 32.2. The van der Waals surface area contributed by atoms with Crippen molar-refractivity contribution in [1.29, 1.82) is 0 Å². The summed E-state index contributed by atoms with van der Waals surface area (Å²) in [6.45, 7) is 1.87. The van der Waals surface area contributed by atoms with Crippen LogP contribution in [0.3, 0.4) is 0 Å². The molecule has 1 heterocycles. The average molecular weight is 316 g/mol. The van der Waals surface area contributed by atoms with Crippen molar-refractivity contribution in [2.45, 2.75) is 51.4 Å². The van der Waals surface area contributed by atoms with Crippen LogP contribution in [0.15, 0.2) is 0 Å². The van der Waals surface area contributed by atoms with Gasteiger partial charge in [-0.05, 0) is 31.1 Å². The Balaban J connectivity index is 1.59. The predicted octanol–water partition coefficient (Wildman–Crippen LogP) is 1.74. The second-order valence-electron chi connectivity index (χ2n) is 6.60. The third kappa shape index (κ3) is 5.58. The van der Waals surface area contributed by atoms with Crippen molar-refractivity contribution in [3.8, 4) is 0 Å². The Hall–Kier alpha value is -0.620. The minimum Gasteiger partial charge on any atom is -0.356 e. The number of piperidine rings is 1. The highest BCUT2D eigenvalue weighted by Crippen LogP contribution is 2.28. The number of hydrogen-bond acceptors (Lipinski definition) is 3. The highest BCUT2D eigenvalue weighted by Gasteiger charge is 2.25. The quantitative estimate of drug-likeness (QED) is 0.812. The van der Waals surface area contributed by atoms with E-state index in [1.807, 2.05) is 0 Å². The van der Waals surface area contributed by atoms with Gasteiger partial charge in [-0.2, -0.15) is 0 Å². The van der Waals surface area contributed by atoms with Gasteiger partial charge in [0.25, 0.3) is 0 Å². The number of carbonyl (C=O) groups excluding carboxylic acids is 1. The van der Waals surface area contributed by atoms with Gasteiger partial charge in [-0.3, -0.25) is 4.79 Å². The molecule has 1 amide bonds. The molecular formula is C15H28N2O3S. The highest BCUT2D eigenvalue weighted by molar-refractivity contribution is 7.88. The second kappa shape index (κ2) is 7.58. The van der Waals surface area contributed by atoms with Crippen LogP contribution >= 0.6 is 0 Å². The summed E-state index contributed by atoms with van der Waals surface area (Å²) in [5, 5.41) is 3.02. The molecule has 0 atom stereocenters. The van der Waals surface area contributed by atoms with Crippen molar-refractivity contribution in [2.24, 2.45) is 11.8 Å². The number of hydrogen-bond donors (Lipinski definition) is 1. The van der Waals surface area contributed by atoms with Crippen molar-refractivity contribution in [3.63, 3.8) is 0 Å². The van der Waals surface area contributed by atoms with Crippen molar-refractivity contribution < 1.29 is 13.2 Å². The smallest absolute Gasteiger partial charge is 0.220 e. The van der Waals surface area contributed by atoms with Gasteiger partial charge in [0, 0.05) is 26.1 Å². The maximum Gasteiger partial charge on any atom is 0.220 e. The van der Waals surface area contributed by atoms with Crippen molar-refractivity contribution >= 4 is 15.9 Å². The van der Waals surface area contributed by atoms with E-state index in [4.69, 9.17) is 0 Å². The van der Waals surface area contributed by atoms with E-state index in [1.54, 1.807) is 0 Å². The number of amides is 1. The lowest BCUT2D eigenvalue weighted by Crippen LogP contribution is -2.41. The number of rotatable bonds is 6. The summed E-state index contributed by atoms with van der Waals surface area (Å²) in [6, 6.07) is 0. The molecule has 2 fully saturated rings. The summed E-state index contributed by atoms with van der Waals surface area (Å²) in [5.41, 5.74) is 0. The first-order chi connectivity index (χ1) is 9.95. The molecule has 2 rings (SSSR count). The van der Waals surface area contributed by atoms with E-state index in [2.05, 4.69) is 5.32 Å². The van der Waals surface area contributed by atoms with Crippen LogP contribution in [0.5, 0.6) is 0 Å². The normalized spacial score (nSPS) is 22.5. The van der Waals surface area contributed by atoms with Crippen LogP contribution in [0.1, 0.15) is 51.4 Å². The fourth-order valence-electron chi connectivity index (χ4n) is 3.43. The number of nitrogens with zero attached hydrogens (tertiary/aromatic N) is 1. The third-order valence-corrected chi connectivity index (χ3v) is 6.19. The van der Waals surface area contributed by atoms with E-state index in [0.29, 0.717) is 32.0 Å². The van der Waals surface area contributed by atoms with E-state index in [1.165, 1.54) is 36.2 Å². The maximum absolute atomic E-state index is 11.8. The first-order valence-electron chi connectivity index (χ1n) is 8.17. The molecule has 2 aliphatic rings. The second-order valence-corrected chi connectivity index (χ2v) is 8.58. The molecule has 1 saturated heterocycles. The molecule has 0 aromatic heterocycles. The van der Waals surface area contributed by atoms with E-state index in [-0.39, 0.29) is 5.91 Å². The van der Waals surface area contributed by atoms with Gasteiger partial charge in [0.15, 0.2) is 0 Å². The molecule has 0 aromatic carbocycles. The Morgan fingerprint density at radius 1 is 1.10 bits per heavy atom. The fourth-order valence-corrected chi connectivity index (χ4v) is 4.30. The SMILES string of the molecule is CS(=O)(=O)N1CCC(CNC(=O)CCC2CCCC2)CC1. The molecule has 5 nitrogen and oxygen atoms in total. The summed E-state index contributed by atoms with van der Waals surface area (Å²) in [4.78, 5) is 11.8. The lowest BCUT2D eigenvalue weighted by Gasteiger charge is -2.30. The van der Waals surface area contributed by atoms with Gasteiger partial charge in [0.1, 0.15) is 0 Å². The zero-order chi connectivity index (χ0) is 15.3. The Labute approximate surface area is 128 Å². The molecule has 21 heavy (non-hydrogen) atoms. The predicted molar refractivity (Wildman–Crippen MR) is 83.3 cm³/mol. The molecule has 1 aliphatic carbocycles. The Morgan fingerprint density at radius 2 is 1.71 bits per heavy atom. The molecule has 0 radical (unpaired) electrons. The number of sulfonamides is 1. The minimum absolute atomic E-state index is 0.160. The van der Waals surface area contributed by atoms with E-state index in [9.17, 15) is 13.2 Å². The summed E-state index contributed by atoms with van der Waals surface area (Å²) in [7, 11) is -3.05. The fraction of sp³-hybridized carbons (Fsp3) is 0.933. The van der Waals surface area contributed by atoms with Gasteiger partial charge in [-0.1, -0.05) is 25.7 Å². The van der Waals surface area contributed by atoms with Gasteiger partial charge in [-0.25, -0.2) is 12.7 Å². The molecule has 0 spiro atoms. The maximum atomic E-state index is 11.8. The monoisotopic (exact) mass is 316 g/mol. The number of carbonyl (C=O) groups is 1. The van der Waals surface area contributed by atoms with Crippen molar-refractivity contribution in [2.75, 3.05) is 25.9 Å². The lowest BCUT2D eigenvalue weighted by atomic mass is 9.98. The zero-order valence-corrected chi connectivity index (χ0v) is 13.8. The summed E-state index contributed by atoms with van der Waals surface area (Å²) < 4.78 is 24.4. The zero-order valence-electron chi connectivity index (χ0n) is 13.0. The molecule has 6 heteroatoms. The van der Waals surface area contributed by atoms with Crippen LogP contribution in [0.25, 0.3) is 0 Å². The molecule has 1 aliphatic heterocycles. The van der Waals surface area contributed by atoms with Crippen LogP contribution in [0.2, 0.25) is 0 Å². The van der Waals surface area contributed by atoms with Crippen LogP contribution in [0, 0.1) is 11.8 Å².